The highest BCUT2D eigenvalue weighted by molar-refractivity contribution is 6.00. The van der Waals surface area contributed by atoms with E-state index in [2.05, 4.69) is 0 Å². The minimum absolute atomic E-state index is 0.350. The molecule has 21 heavy (non-hydrogen) atoms. The summed E-state index contributed by atoms with van der Waals surface area (Å²) in [4.78, 5) is 24.6. The predicted octanol–water partition coefficient (Wildman–Crippen LogP) is 1.07. The van der Waals surface area contributed by atoms with Crippen LogP contribution in [0.2, 0.25) is 0 Å². The van der Waals surface area contributed by atoms with Gasteiger partial charge in [0, 0.05) is 25.9 Å². The maximum absolute atomic E-state index is 12.1. The molecule has 1 unspecified atom stereocenters. The molecule has 1 aromatic carbocycles. The van der Waals surface area contributed by atoms with Crippen molar-refractivity contribution in [2.75, 3.05) is 25.9 Å². The molecule has 6 nitrogen and oxygen atoms in total. The molecule has 6 heteroatoms. The molecule has 114 valence electrons. The van der Waals surface area contributed by atoms with Crippen molar-refractivity contribution in [2.45, 2.75) is 24.9 Å². The zero-order valence-electron chi connectivity index (χ0n) is 12.0. The van der Waals surface area contributed by atoms with Gasteiger partial charge >= 0.3 is 5.97 Å². The lowest BCUT2D eigenvalue weighted by molar-refractivity contribution is -0.160. The van der Waals surface area contributed by atoms with E-state index in [1.807, 2.05) is 24.3 Å². The molecule has 1 aliphatic rings. The van der Waals surface area contributed by atoms with Gasteiger partial charge in [0.25, 0.3) is 5.91 Å². The van der Waals surface area contributed by atoms with Gasteiger partial charge in [0.2, 0.25) is 6.10 Å². The molecule has 0 spiro atoms. The fourth-order valence-corrected chi connectivity index (χ4v) is 2.72. The topological polar surface area (TPSA) is 92.9 Å². The first-order valence-corrected chi connectivity index (χ1v) is 6.92. The Kier molecular flexibility index (Phi) is 4.80. The van der Waals surface area contributed by atoms with Crippen molar-refractivity contribution in [3.63, 3.8) is 0 Å². The first-order chi connectivity index (χ1) is 10.0. The van der Waals surface area contributed by atoms with E-state index in [4.69, 9.17) is 15.6 Å². The summed E-state index contributed by atoms with van der Waals surface area (Å²) in [6, 6.07) is 7.76. The quantitative estimate of drug-likeness (QED) is 0.639. The average Bonchev–Trinajstić information content (AvgIpc) is 2.47. The minimum Gasteiger partial charge on any atom is -0.479 e. The number of likely N-dealkylation sites (tertiary alicyclic amines) is 1. The Morgan fingerprint density at radius 1 is 1.38 bits per heavy atom. The lowest BCUT2D eigenvalue weighted by atomic mass is 9.89. The van der Waals surface area contributed by atoms with Crippen LogP contribution in [0.25, 0.3) is 0 Å². The summed E-state index contributed by atoms with van der Waals surface area (Å²) in [6.07, 6.45) is 0.185. The van der Waals surface area contributed by atoms with Gasteiger partial charge in [-0.05, 0) is 36.5 Å². The third-order valence-electron chi connectivity index (χ3n) is 3.87. The number of rotatable bonds is 4. The molecule has 2 rings (SSSR count). The highest BCUT2D eigenvalue weighted by Gasteiger charge is 2.33. The van der Waals surface area contributed by atoms with Gasteiger partial charge in [0.05, 0.1) is 0 Å². The van der Waals surface area contributed by atoms with Crippen molar-refractivity contribution in [3.8, 4) is 0 Å². The van der Waals surface area contributed by atoms with Crippen molar-refractivity contribution >= 4 is 17.6 Å². The molecule has 1 atom stereocenters. The number of nitrogens with two attached hydrogens (primary N) is 1. The largest absolute Gasteiger partial charge is 0.479 e. The maximum atomic E-state index is 12.1. The van der Waals surface area contributed by atoms with Crippen LogP contribution in [-0.4, -0.2) is 48.2 Å². The van der Waals surface area contributed by atoms with Crippen molar-refractivity contribution < 1.29 is 19.4 Å². The third kappa shape index (κ3) is 3.52. The van der Waals surface area contributed by atoms with Crippen LogP contribution in [0.5, 0.6) is 0 Å². The summed E-state index contributed by atoms with van der Waals surface area (Å²) in [7, 11) is 1.23. The van der Waals surface area contributed by atoms with Crippen molar-refractivity contribution in [1.29, 1.82) is 0 Å². The van der Waals surface area contributed by atoms with Gasteiger partial charge in [-0.3, -0.25) is 4.79 Å². The van der Waals surface area contributed by atoms with Gasteiger partial charge in [-0.25, -0.2) is 4.79 Å². The van der Waals surface area contributed by atoms with Crippen molar-refractivity contribution in [2.24, 2.45) is 0 Å². The van der Waals surface area contributed by atoms with Crippen LogP contribution in [0.4, 0.5) is 5.69 Å². The Labute approximate surface area is 123 Å². The second kappa shape index (κ2) is 6.58. The molecule has 3 N–H and O–H groups in total. The maximum Gasteiger partial charge on any atom is 0.342 e. The Bertz CT molecular complexity index is 524. The Morgan fingerprint density at radius 3 is 2.57 bits per heavy atom. The summed E-state index contributed by atoms with van der Waals surface area (Å²) < 4.78 is 4.75. The van der Waals surface area contributed by atoms with Gasteiger partial charge in [-0.15, -0.1) is 0 Å². The summed E-state index contributed by atoms with van der Waals surface area (Å²) in [5.74, 6) is -1.38. The minimum atomic E-state index is -1.41. The van der Waals surface area contributed by atoms with E-state index in [9.17, 15) is 9.59 Å². The Balaban J connectivity index is 1.97. The molecule has 0 aromatic heterocycles. The molecule has 1 fully saturated rings. The van der Waals surface area contributed by atoms with Crippen LogP contribution in [0.3, 0.4) is 0 Å². The average molecular weight is 292 g/mol. The number of methoxy groups -OCH3 is 1. The number of piperidine rings is 1. The van der Waals surface area contributed by atoms with E-state index < -0.39 is 18.0 Å². The smallest absolute Gasteiger partial charge is 0.342 e. The second-order valence-electron chi connectivity index (χ2n) is 5.22. The lowest BCUT2D eigenvalue weighted by Crippen LogP contribution is -2.47. The highest BCUT2D eigenvalue weighted by atomic mass is 16.5. The third-order valence-corrected chi connectivity index (χ3v) is 3.87. The molecule has 0 radical (unpaired) electrons. The number of amides is 1. The van der Waals surface area contributed by atoms with E-state index in [1.54, 1.807) is 4.90 Å². The number of carboxylic acid groups (broad SMARTS) is 1. The lowest BCUT2D eigenvalue weighted by Gasteiger charge is -2.33. The SMILES string of the molecule is COC(C(=O)O)C(=O)N1CCC(c2cccc(N)c2)CC1. The number of ether oxygens (including phenoxy) is 1. The van der Waals surface area contributed by atoms with Crippen LogP contribution < -0.4 is 5.73 Å². The molecule has 1 amide bonds. The summed E-state index contributed by atoms with van der Waals surface area (Å²) >= 11 is 0. The van der Waals surface area contributed by atoms with E-state index in [1.165, 1.54) is 12.7 Å². The molecule has 0 saturated carbocycles. The number of nitrogen functional groups attached to an aromatic ring is 1. The summed E-state index contributed by atoms with van der Waals surface area (Å²) in [5.41, 5.74) is 7.69. The fraction of sp³-hybridized carbons (Fsp3) is 0.467. The van der Waals surface area contributed by atoms with Gasteiger partial charge in [0.1, 0.15) is 0 Å². The number of carbonyl (C=O) groups is 2. The standard InChI is InChI=1S/C15H20N2O4/c1-21-13(15(19)20)14(18)17-7-5-10(6-8-17)11-3-2-4-12(16)9-11/h2-4,9-10,13H,5-8,16H2,1H3,(H,19,20). The zero-order chi connectivity index (χ0) is 15.4. The van der Waals surface area contributed by atoms with Crippen molar-refractivity contribution in [1.82, 2.24) is 4.90 Å². The predicted molar refractivity (Wildman–Crippen MR) is 77.8 cm³/mol. The summed E-state index contributed by atoms with van der Waals surface area (Å²) in [6.45, 7) is 1.07. The zero-order valence-corrected chi connectivity index (χ0v) is 12.0. The molecule has 0 aliphatic carbocycles. The van der Waals surface area contributed by atoms with E-state index in [0.29, 0.717) is 19.0 Å². The fourth-order valence-electron chi connectivity index (χ4n) is 2.72. The first kappa shape index (κ1) is 15.3. The molecule has 0 bridgehead atoms. The number of hydrogen-bond acceptors (Lipinski definition) is 4. The van der Waals surface area contributed by atoms with Crippen LogP contribution >= 0.6 is 0 Å². The highest BCUT2D eigenvalue weighted by Crippen LogP contribution is 2.29. The molecule has 1 aliphatic heterocycles. The van der Waals surface area contributed by atoms with E-state index in [0.717, 1.165) is 18.5 Å². The molecule has 1 heterocycles. The number of nitrogens with zero attached hydrogens (tertiary/aromatic N) is 1. The normalized spacial score (nSPS) is 17.5. The van der Waals surface area contributed by atoms with E-state index >= 15 is 0 Å². The van der Waals surface area contributed by atoms with Gasteiger partial charge in [-0.1, -0.05) is 12.1 Å². The molecule has 1 saturated heterocycles. The Hall–Kier alpha value is -2.08. The summed E-state index contributed by atoms with van der Waals surface area (Å²) in [5, 5.41) is 8.95. The number of aliphatic carboxylic acids is 1. The second-order valence-corrected chi connectivity index (χ2v) is 5.22. The van der Waals surface area contributed by atoms with Gasteiger partial charge in [-0.2, -0.15) is 0 Å². The van der Waals surface area contributed by atoms with Crippen LogP contribution in [0, 0.1) is 0 Å². The van der Waals surface area contributed by atoms with Crippen LogP contribution in [0.1, 0.15) is 24.3 Å². The molecular weight excluding hydrogens is 272 g/mol. The number of carboxylic acids is 1. The van der Waals surface area contributed by atoms with E-state index in [-0.39, 0.29) is 0 Å². The molecular formula is C15H20N2O4. The van der Waals surface area contributed by atoms with Crippen LogP contribution in [-0.2, 0) is 14.3 Å². The Morgan fingerprint density at radius 2 is 2.05 bits per heavy atom. The van der Waals surface area contributed by atoms with Gasteiger partial charge < -0.3 is 20.5 Å². The monoisotopic (exact) mass is 292 g/mol. The van der Waals surface area contributed by atoms with Crippen LogP contribution in [0.15, 0.2) is 24.3 Å². The number of hydrogen-bond donors (Lipinski definition) is 2. The number of carbonyl (C=O) groups excluding carboxylic acids is 1. The molecule has 1 aromatic rings. The van der Waals surface area contributed by atoms with Gasteiger partial charge in [0.15, 0.2) is 0 Å². The first-order valence-electron chi connectivity index (χ1n) is 6.92. The van der Waals surface area contributed by atoms with Crippen molar-refractivity contribution in [3.05, 3.63) is 29.8 Å². The number of anilines is 1. The number of benzene rings is 1.